The van der Waals surface area contributed by atoms with E-state index in [4.69, 9.17) is 93.8 Å². The summed E-state index contributed by atoms with van der Waals surface area (Å²) >= 11 is 15.8. The zero-order valence-electron chi connectivity index (χ0n) is 63.1. The number of carbonyl (C=O) groups is 4. The molecule has 0 spiro atoms. The number of benzene rings is 7. The monoisotopic (exact) mass is 1830 g/mol. The Labute approximate surface area is 716 Å². The van der Waals surface area contributed by atoms with Gasteiger partial charge in [-0.05, 0) is 160 Å². The van der Waals surface area contributed by atoms with Crippen molar-refractivity contribution in [1.29, 1.82) is 0 Å². The van der Waals surface area contributed by atoms with Crippen LogP contribution >= 0.6 is 98.0 Å². The van der Waals surface area contributed by atoms with Crippen LogP contribution in [-0.2, 0) is 79.1 Å². The maximum atomic E-state index is 12.6. The minimum Gasteiger partial charge on any atom is -0.870 e. The van der Waals surface area contributed by atoms with E-state index >= 15 is 0 Å². The second-order valence-corrected chi connectivity index (χ2v) is 39.5. The van der Waals surface area contributed by atoms with E-state index in [-0.39, 0.29) is 86.5 Å². The van der Waals surface area contributed by atoms with Gasteiger partial charge in [0.1, 0.15) is 58.8 Å². The normalized spacial score (nSPS) is 12.8. The molecule has 7 aromatic carbocycles. The minimum atomic E-state index is -3.74. The zero-order chi connectivity index (χ0) is 84.2. The Morgan fingerprint density at radius 2 is 0.667 bits per heavy atom. The van der Waals surface area contributed by atoms with Gasteiger partial charge in [-0.15, -0.1) is 32.9 Å². The third-order valence-electron chi connectivity index (χ3n) is 11.2. The smallest absolute Gasteiger partial charge is 0.870 e. The fourth-order valence-corrected chi connectivity index (χ4v) is 14.3. The molecule has 0 aliphatic rings. The van der Waals surface area contributed by atoms with Gasteiger partial charge in [-0.2, -0.15) is 0 Å². The largest absolute Gasteiger partial charge is 1.00 e. The third kappa shape index (κ3) is 63.9. The van der Waals surface area contributed by atoms with Crippen LogP contribution < -0.4 is 56.7 Å². The van der Waals surface area contributed by atoms with Crippen LogP contribution in [0.25, 0.3) is 0 Å². The number of aromatic hydroxyl groups is 1. The van der Waals surface area contributed by atoms with Crippen molar-refractivity contribution >= 4 is 131 Å². The van der Waals surface area contributed by atoms with Crippen LogP contribution in [0.2, 0.25) is 0 Å². The number of esters is 3. The Hall–Kier alpha value is -6.30. The van der Waals surface area contributed by atoms with E-state index < -0.39 is 94.6 Å². The summed E-state index contributed by atoms with van der Waals surface area (Å²) in [6.45, 7) is 24.2. The quantitative estimate of drug-likeness (QED) is 0.00641. The maximum absolute atomic E-state index is 12.6. The number of ether oxygens (including phenoxy) is 3. The summed E-state index contributed by atoms with van der Waals surface area (Å²) in [5.74, 6) is -1.65. The summed E-state index contributed by atoms with van der Waals surface area (Å²) in [4.78, 5) is 53.1. The molecule has 0 aliphatic carbocycles. The first-order chi connectivity index (χ1) is 52.4. The molecule has 7 atom stereocenters. The number of carbonyl (C=O) groups excluding carboxylic acids is 4. The van der Waals surface area contributed by atoms with Gasteiger partial charge >= 0.3 is 84.6 Å². The van der Waals surface area contributed by atoms with Crippen molar-refractivity contribution in [3.8, 4) is 40.2 Å². The summed E-state index contributed by atoms with van der Waals surface area (Å²) in [5.41, 5.74) is 0. The Morgan fingerprint density at radius 3 is 0.895 bits per heavy atom. The second kappa shape index (κ2) is 67.7. The molecule has 0 aliphatic heterocycles. The molecule has 0 saturated carbocycles. The van der Waals surface area contributed by atoms with Crippen molar-refractivity contribution in [3.63, 3.8) is 0 Å². The number of halogens is 5. The van der Waals surface area contributed by atoms with E-state index in [2.05, 4.69) is 59.0 Å². The number of phenols is 1. The van der Waals surface area contributed by atoms with Gasteiger partial charge in [-0.1, -0.05) is 165 Å². The molecule has 0 bridgehead atoms. The molecule has 0 heterocycles. The van der Waals surface area contributed by atoms with Crippen LogP contribution in [0.15, 0.2) is 276 Å². The zero-order valence-corrected chi connectivity index (χ0v) is 75.0. The molecule has 0 radical (unpaired) electrons. The van der Waals surface area contributed by atoms with E-state index in [1.807, 2.05) is 60.7 Å². The maximum Gasteiger partial charge on any atom is 1.00 e. The molecule has 7 rings (SSSR count). The van der Waals surface area contributed by atoms with Crippen LogP contribution in [0.1, 0.15) is 49.0 Å². The van der Waals surface area contributed by atoms with Crippen molar-refractivity contribution in [2.45, 2.75) is 67.3 Å². The molecule has 26 nitrogen and oxygen atoms in total. The van der Waals surface area contributed by atoms with Gasteiger partial charge in [-0.25, -0.2) is 36.9 Å². The molecule has 0 aromatic heterocycles. The number of aliphatic hydroxyl groups excluding tert-OH is 1. The molecule has 4 N–H and O–H groups in total. The summed E-state index contributed by atoms with van der Waals surface area (Å²) in [5, 5.41) is 17.1. The Kier molecular flexibility index (Phi) is 69.0. The number of rotatable bonds is 34. The first kappa shape index (κ1) is 116. The van der Waals surface area contributed by atoms with Gasteiger partial charge in [0.25, 0.3) is 5.85 Å². The van der Waals surface area contributed by atoms with Gasteiger partial charge in [0.2, 0.25) is 9.23 Å². The third-order valence-corrected chi connectivity index (χ3v) is 21.0. The van der Waals surface area contributed by atoms with E-state index in [9.17, 15) is 51.5 Å². The molecule has 626 valence electrons. The van der Waals surface area contributed by atoms with Gasteiger partial charge in [0.15, 0.2) is 12.2 Å². The summed E-state index contributed by atoms with van der Waals surface area (Å²) < 4.78 is 136. The average Bonchev–Trinajstić information content (AvgIpc) is 0.855. The molecule has 7 aromatic rings. The SMILES string of the molecule is C.C=CCP(=O)(Cl)Cl.C=CCP(=O)(Cl)Oc1ccccc1.C=CCP(=O)(O)Oc1ccccc1.C=CCP(=O)(Oc1ccccc1)O[C@@H](C)C(=O)OCC.C=CCP(=O)(Oc1ccccc1)Oc1ccccc1.CCOC(=O)[C@@H](C)O.CCOC(=O)[C@H](C)OP(=O)(CC=O)Oc1ccccc1.O=S(Cl)Cl.Oc1ccccc1.[Na+].[OH-]. The average molecular weight is 1830 g/mol. The van der Waals surface area contributed by atoms with Crippen LogP contribution in [0.3, 0.4) is 0 Å². The van der Waals surface area contributed by atoms with Crippen LogP contribution in [-0.4, -0.2) is 124 Å². The molecule has 114 heavy (non-hydrogen) atoms. The number of hydrogen-bond acceptors (Lipinski definition) is 25. The Bertz CT molecular complexity index is 3900. The predicted molar refractivity (Wildman–Crippen MR) is 453 cm³/mol. The van der Waals surface area contributed by atoms with E-state index in [1.54, 1.807) is 172 Å². The Morgan fingerprint density at radius 1 is 0.421 bits per heavy atom. The molecule has 0 fully saturated rings. The number of phenolic OH excluding ortho intramolecular Hbond substituents is 1. The topological polar surface area (TPSA) is 380 Å². The van der Waals surface area contributed by atoms with Crippen LogP contribution in [0.4, 0.5) is 0 Å². The van der Waals surface area contributed by atoms with Gasteiger partial charge in [0, 0.05) is 27.5 Å². The van der Waals surface area contributed by atoms with Crippen molar-refractivity contribution in [2.75, 3.05) is 56.8 Å². The summed E-state index contributed by atoms with van der Waals surface area (Å²) in [6, 6.07) is 61.0. The van der Waals surface area contributed by atoms with Crippen molar-refractivity contribution < 1.29 is 151 Å². The first-order valence-electron chi connectivity index (χ1n) is 32.7. The van der Waals surface area contributed by atoms with Crippen molar-refractivity contribution in [1.82, 2.24) is 0 Å². The molecular formula is C75H98Cl5NaO26P6S. The fraction of sp³-hybridized carbons (Fsp3) is 0.253. The number of hydrogen-bond donors (Lipinski definition) is 3. The number of aldehydes is 1. The molecule has 0 amide bonds. The molecule has 4 unspecified atom stereocenters. The second-order valence-electron chi connectivity index (χ2n) is 20.7. The first-order valence-corrected chi connectivity index (χ1v) is 48.9. The molecule has 0 saturated heterocycles. The minimum absolute atomic E-state index is 0. The fourth-order valence-electron chi connectivity index (χ4n) is 6.88. The standard InChI is InChI=1S/C15H15O3P.C14H19O5P.C13H17O6P.C9H10ClO2P.C9H11O3P.C6H6O.C5H10O3.C3H5Cl2OP.CH4.Cl2OS.Na.H2O/c1-2-13-19(16,17-14-9-5-3-6-10-14)18-15-11-7-4-8-12-15;1-4-11-20(16,18-12(3)14(15)17-5-2)19-13-9-7-6-8-10-13;1-3-17-13(15)11(2)18-20(16,10-9-14)19-12-7-5-4-6-8-12;2*1-2-8-13(10,11)12-9-6-4-3-5-7-9;7-6-4-2-1-3-5-6;1-3-8-5(7)4(2)6;1-2-3-7(4,5)6;;1-4(2)3;;/h2-12H,1,13H2;4,6-10,12H,1,5,11H2,2-3H3;4-9,11H,3,10H2,1-2H3;2-7H,1,8H2;2-7H,1,8H2,(H,10,11);1-5,7H;4,6H,3H2,1-2H3;2H,1,3H2;1H4;;;1H2/q;;;;;;;;;;+1;/p-1/t;12-,20?;11-,20?;;;;4-;;;;;/m.00...1...../s1. The summed E-state index contributed by atoms with van der Waals surface area (Å²) in [7, 11) is -6.69. The van der Waals surface area contributed by atoms with Crippen LogP contribution in [0.5, 0.6) is 40.2 Å². The Balaban J connectivity index is -0.000000403. The van der Waals surface area contributed by atoms with Crippen molar-refractivity contribution in [3.05, 3.63) is 276 Å². The predicted octanol–water partition coefficient (Wildman–Crippen LogP) is 19.2. The van der Waals surface area contributed by atoms with E-state index in [0.29, 0.717) is 53.1 Å². The van der Waals surface area contributed by atoms with Crippen molar-refractivity contribution in [2.24, 2.45) is 0 Å². The van der Waals surface area contributed by atoms with E-state index in [1.165, 1.54) is 51.2 Å². The van der Waals surface area contributed by atoms with E-state index in [0.717, 1.165) is 0 Å². The van der Waals surface area contributed by atoms with Gasteiger partial charge in [0.05, 0.1) is 44.5 Å². The van der Waals surface area contributed by atoms with Crippen LogP contribution in [0, 0.1) is 0 Å². The number of allylic oxidation sites excluding steroid dienone is 5. The summed E-state index contributed by atoms with van der Waals surface area (Å²) in [6.07, 6.45) is 4.68. The molecule has 39 heteroatoms. The van der Waals surface area contributed by atoms with Gasteiger partial charge in [-0.3, -0.25) is 18.2 Å². The number of aliphatic hydroxyl groups is 1. The number of para-hydroxylation sites is 7. The molecular weight excluding hydrogens is 1730 g/mol. The van der Waals surface area contributed by atoms with Gasteiger partial charge < -0.3 is 66.7 Å².